The highest BCUT2D eigenvalue weighted by atomic mass is 35.5. The second kappa shape index (κ2) is 10.3. The molecule has 1 aromatic carbocycles. The number of nitrogens with one attached hydrogen (secondary N) is 2. The molecule has 1 saturated heterocycles. The molecule has 2 N–H and O–H groups in total. The van der Waals surface area contributed by atoms with Crippen LogP contribution in [-0.4, -0.2) is 46.2 Å². The van der Waals surface area contributed by atoms with Crippen LogP contribution in [0.1, 0.15) is 26.7 Å². The van der Waals surface area contributed by atoms with Crippen molar-refractivity contribution < 1.29 is 9.53 Å². The van der Waals surface area contributed by atoms with E-state index in [9.17, 15) is 9.59 Å². The lowest BCUT2D eigenvalue weighted by Gasteiger charge is -2.22. The number of hydrogen-bond acceptors (Lipinski definition) is 6. The number of fused-ring (bicyclic) bond motifs is 1. The first-order valence-electron chi connectivity index (χ1n) is 11.2. The maximum atomic E-state index is 13.5. The van der Waals surface area contributed by atoms with E-state index in [1.807, 2.05) is 13.8 Å². The van der Waals surface area contributed by atoms with Crippen molar-refractivity contribution in [2.75, 3.05) is 19.7 Å². The first-order chi connectivity index (χ1) is 15.9. The molecule has 0 radical (unpaired) electrons. The number of amides is 1. The molecular formula is C24H28ClN5O3. The van der Waals surface area contributed by atoms with Crippen LogP contribution in [0, 0.1) is 5.92 Å². The molecular weight excluding hydrogens is 442 g/mol. The van der Waals surface area contributed by atoms with Crippen LogP contribution in [0.5, 0.6) is 5.75 Å². The standard InChI is InChI=1S/C24H28ClN5O3/c1-15(2)28-21(31)13-30-23(17-6-3-7-18(25)9-17)29-22-20(24(30)32)10-19(12-27-22)33-14-16-5-4-8-26-11-16/h3,6-7,9-10,12,15-16,26H,4-5,8,11,13-14H2,1-2H3,(H,28,31). The topological polar surface area (TPSA) is 98.1 Å². The summed E-state index contributed by atoms with van der Waals surface area (Å²) >= 11 is 6.17. The molecule has 1 atom stereocenters. The van der Waals surface area contributed by atoms with Gasteiger partial charge in [0.25, 0.3) is 5.56 Å². The van der Waals surface area contributed by atoms with Gasteiger partial charge in [-0.05, 0) is 51.4 Å². The summed E-state index contributed by atoms with van der Waals surface area (Å²) in [6.45, 7) is 6.08. The van der Waals surface area contributed by atoms with Gasteiger partial charge in [0.2, 0.25) is 5.91 Å². The number of carbonyl (C=O) groups is 1. The molecule has 174 valence electrons. The Hall–Kier alpha value is -2.97. The fraction of sp³-hybridized carbons (Fsp3) is 0.417. The van der Waals surface area contributed by atoms with E-state index < -0.39 is 0 Å². The molecule has 3 aromatic rings. The third kappa shape index (κ3) is 5.69. The minimum atomic E-state index is -0.355. The highest BCUT2D eigenvalue weighted by molar-refractivity contribution is 6.30. The van der Waals surface area contributed by atoms with Crippen molar-refractivity contribution >= 4 is 28.5 Å². The molecule has 4 rings (SSSR count). The highest BCUT2D eigenvalue weighted by Gasteiger charge is 2.18. The van der Waals surface area contributed by atoms with E-state index in [0.717, 1.165) is 25.9 Å². The van der Waals surface area contributed by atoms with Crippen molar-refractivity contribution in [1.29, 1.82) is 0 Å². The molecule has 1 amide bonds. The fourth-order valence-corrected chi connectivity index (χ4v) is 4.14. The van der Waals surface area contributed by atoms with Gasteiger partial charge in [0.15, 0.2) is 5.65 Å². The van der Waals surface area contributed by atoms with Crippen molar-refractivity contribution in [3.05, 3.63) is 51.9 Å². The number of pyridine rings is 1. The second-order valence-electron chi connectivity index (χ2n) is 8.62. The highest BCUT2D eigenvalue weighted by Crippen LogP contribution is 2.23. The average Bonchev–Trinajstić information content (AvgIpc) is 2.79. The molecule has 1 aliphatic rings. The van der Waals surface area contributed by atoms with Crippen LogP contribution in [0.25, 0.3) is 22.4 Å². The fourth-order valence-electron chi connectivity index (χ4n) is 3.95. The largest absolute Gasteiger partial charge is 0.492 e. The zero-order chi connectivity index (χ0) is 23.4. The van der Waals surface area contributed by atoms with Gasteiger partial charge in [0, 0.05) is 29.1 Å². The lowest BCUT2D eigenvalue weighted by atomic mass is 10.0. The number of rotatable bonds is 7. The number of aromatic nitrogens is 3. The van der Waals surface area contributed by atoms with Gasteiger partial charge in [0.1, 0.15) is 18.1 Å². The zero-order valence-corrected chi connectivity index (χ0v) is 19.6. The molecule has 1 aliphatic heterocycles. The van der Waals surface area contributed by atoms with Gasteiger partial charge in [0.05, 0.1) is 18.2 Å². The lowest BCUT2D eigenvalue weighted by molar-refractivity contribution is -0.122. The van der Waals surface area contributed by atoms with Gasteiger partial charge in [-0.15, -0.1) is 0 Å². The molecule has 0 spiro atoms. The molecule has 2 aromatic heterocycles. The molecule has 8 nitrogen and oxygen atoms in total. The average molecular weight is 470 g/mol. The van der Waals surface area contributed by atoms with Crippen molar-refractivity contribution in [3.8, 4) is 17.1 Å². The third-order valence-electron chi connectivity index (χ3n) is 5.50. The van der Waals surface area contributed by atoms with Crippen molar-refractivity contribution in [3.63, 3.8) is 0 Å². The first kappa shape index (κ1) is 23.2. The van der Waals surface area contributed by atoms with Crippen LogP contribution in [0.3, 0.4) is 0 Å². The molecule has 33 heavy (non-hydrogen) atoms. The summed E-state index contributed by atoms with van der Waals surface area (Å²) in [7, 11) is 0. The van der Waals surface area contributed by atoms with Crippen molar-refractivity contribution in [2.45, 2.75) is 39.3 Å². The minimum Gasteiger partial charge on any atom is -0.492 e. The number of carbonyl (C=O) groups excluding carboxylic acids is 1. The van der Waals surface area contributed by atoms with Crippen LogP contribution in [0.2, 0.25) is 5.02 Å². The summed E-state index contributed by atoms with van der Waals surface area (Å²) in [5.41, 5.74) is 0.569. The number of piperidine rings is 1. The predicted molar refractivity (Wildman–Crippen MR) is 129 cm³/mol. The Kier molecular flexibility index (Phi) is 7.25. The minimum absolute atomic E-state index is 0.0489. The molecule has 3 heterocycles. The van der Waals surface area contributed by atoms with Gasteiger partial charge in [-0.2, -0.15) is 0 Å². The maximum Gasteiger partial charge on any atom is 0.263 e. The quantitative estimate of drug-likeness (QED) is 0.552. The summed E-state index contributed by atoms with van der Waals surface area (Å²) in [4.78, 5) is 35.0. The predicted octanol–water partition coefficient (Wildman–Crippen LogP) is 3.01. The molecule has 1 unspecified atom stereocenters. The Morgan fingerprint density at radius 1 is 1.36 bits per heavy atom. The zero-order valence-electron chi connectivity index (χ0n) is 18.8. The summed E-state index contributed by atoms with van der Waals surface area (Å²) in [5, 5.41) is 7.01. The van der Waals surface area contributed by atoms with E-state index in [2.05, 4.69) is 20.6 Å². The van der Waals surface area contributed by atoms with Gasteiger partial charge in [-0.25, -0.2) is 9.97 Å². The molecule has 0 saturated carbocycles. The van der Waals surface area contributed by atoms with E-state index in [1.54, 1.807) is 36.5 Å². The van der Waals surface area contributed by atoms with Gasteiger partial charge in [-0.3, -0.25) is 14.2 Å². The van der Waals surface area contributed by atoms with E-state index in [4.69, 9.17) is 16.3 Å². The van der Waals surface area contributed by atoms with E-state index in [0.29, 0.717) is 45.7 Å². The Labute approximate surface area is 197 Å². The lowest BCUT2D eigenvalue weighted by Crippen LogP contribution is -2.37. The van der Waals surface area contributed by atoms with Gasteiger partial charge >= 0.3 is 0 Å². The monoisotopic (exact) mass is 469 g/mol. The summed E-state index contributed by atoms with van der Waals surface area (Å²) in [6.07, 6.45) is 3.82. The molecule has 9 heteroatoms. The van der Waals surface area contributed by atoms with Crippen molar-refractivity contribution in [2.24, 2.45) is 5.92 Å². The van der Waals surface area contributed by atoms with Crippen LogP contribution in [0.15, 0.2) is 41.3 Å². The third-order valence-corrected chi connectivity index (χ3v) is 5.74. The SMILES string of the molecule is CC(C)NC(=O)Cn1c(-c2cccc(Cl)c2)nc2ncc(OCC3CCCNC3)cc2c1=O. The molecule has 1 fully saturated rings. The van der Waals surface area contributed by atoms with E-state index >= 15 is 0 Å². The van der Waals surface area contributed by atoms with E-state index in [-0.39, 0.29) is 24.1 Å². The Bertz CT molecular complexity index is 1200. The first-order valence-corrected chi connectivity index (χ1v) is 11.6. The van der Waals surface area contributed by atoms with Gasteiger partial charge < -0.3 is 15.4 Å². The number of ether oxygens (including phenoxy) is 1. The van der Waals surface area contributed by atoms with Crippen LogP contribution < -0.4 is 20.9 Å². The van der Waals surface area contributed by atoms with Crippen LogP contribution >= 0.6 is 11.6 Å². The maximum absolute atomic E-state index is 13.5. The van der Waals surface area contributed by atoms with Crippen LogP contribution in [-0.2, 0) is 11.3 Å². The Balaban J connectivity index is 1.72. The second-order valence-corrected chi connectivity index (χ2v) is 9.06. The summed E-state index contributed by atoms with van der Waals surface area (Å²) in [5.74, 6) is 1.000. The number of hydrogen-bond donors (Lipinski definition) is 2. The number of nitrogens with zero attached hydrogens (tertiary/aromatic N) is 3. The summed E-state index contributed by atoms with van der Waals surface area (Å²) < 4.78 is 7.30. The van der Waals surface area contributed by atoms with Crippen LogP contribution in [0.4, 0.5) is 0 Å². The van der Waals surface area contributed by atoms with Crippen molar-refractivity contribution in [1.82, 2.24) is 25.2 Å². The van der Waals surface area contributed by atoms with Gasteiger partial charge in [-0.1, -0.05) is 23.7 Å². The summed E-state index contributed by atoms with van der Waals surface area (Å²) in [6, 6.07) is 8.63. The Morgan fingerprint density at radius 2 is 2.21 bits per heavy atom. The van der Waals surface area contributed by atoms with E-state index in [1.165, 1.54) is 4.57 Å². The smallest absolute Gasteiger partial charge is 0.263 e. The normalized spacial score (nSPS) is 16.2. The Morgan fingerprint density at radius 3 is 2.94 bits per heavy atom. The number of benzene rings is 1. The number of halogens is 1. The molecule has 0 aliphatic carbocycles. The molecule has 0 bridgehead atoms.